The van der Waals surface area contributed by atoms with E-state index >= 15 is 0 Å². The molecule has 0 saturated carbocycles. The van der Waals surface area contributed by atoms with Gasteiger partial charge in [-0.3, -0.25) is 0 Å². The second-order valence-electron chi connectivity index (χ2n) is 5.58. The van der Waals surface area contributed by atoms with Crippen LogP contribution < -0.4 is 10.5 Å². The van der Waals surface area contributed by atoms with Crippen molar-refractivity contribution in [3.05, 3.63) is 60.2 Å². The number of rotatable bonds is 4. The Morgan fingerprint density at radius 3 is 2.54 bits per heavy atom. The zero-order valence-electron chi connectivity index (χ0n) is 13.3. The van der Waals surface area contributed by atoms with Crippen LogP contribution >= 0.6 is 0 Å². The number of hydrogen-bond acceptors (Lipinski definition) is 5. The lowest BCUT2D eigenvalue weighted by molar-refractivity contribution is 0.409. The molecule has 0 aromatic heterocycles. The Kier molecular flexibility index (Phi) is 4.36. The van der Waals surface area contributed by atoms with Gasteiger partial charge in [0.1, 0.15) is 11.7 Å². The van der Waals surface area contributed by atoms with Crippen molar-refractivity contribution in [2.75, 3.05) is 7.11 Å². The molecular weight excluding hydrogens is 302 g/mol. The Hall–Kier alpha value is -3.04. The highest BCUT2D eigenvalue weighted by molar-refractivity contribution is 5.92. The molecule has 24 heavy (non-hydrogen) atoms. The van der Waals surface area contributed by atoms with E-state index in [0.717, 1.165) is 11.3 Å². The predicted octanol–water partition coefficient (Wildman–Crippen LogP) is 3.23. The summed E-state index contributed by atoms with van der Waals surface area (Å²) < 4.78 is 5.12. The van der Waals surface area contributed by atoms with Crippen LogP contribution in [0, 0.1) is 17.2 Å². The van der Waals surface area contributed by atoms with Crippen LogP contribution in [0.25, 0.3) is 0 Å². The average Bonchev–Trinajstić information content (AvgIpc) is 2.91. The molecule has 0 saturated heterocycles. The van der Waals surface area contributed by atoms with Crippen molar-refractivity contribution >= 4 is 11.5 Å². The van der Waals surface area contributed by atoms with Gasteiger partial charge in [0.15, 0.2) is 11.5 Å². The minimum Gasteiger partial charge on any atom is -0.497 e. The minimum atomic E-state index is -1.10. The first kappa shape index (κ1) is 15.8. The standard InChI is InChI=1S/C18H17N5O/c1-24-15-9-7-14(8-10-15)21-17-16(12-19)18(20,23-22-17)11-13-5-3-2-4-6-13/h2-10,16H,11,20H2,1H3. The van der Waals surface area contributed by atoms with Gasteiger partial charge in [-0.05, 0) is 29.8 Å². The van der Waals surface area contributed by atoms with E-state index in [1.165, 1.54) is 0 Å². The van der Waals surface area contributed by atoms with E-state index < -0.39 is 11.6 Å². The fourth-order valence-corrected chi connectivity index (χ4v) is 2.59. The Morgan fingerprint density at radius 1 is 1.21 bits per heavy atom. The highest BCUT2D eigenvalue weighted by atomic mass is 16.5. The van der Waals surface area contributed by atoms with Gasteiger partial charge in [0.2, 0.25) is 0 Å². The fourth-order valence-electron chi connectivity index (χ4n) is 2.59. The summed E-state index contributed by atoms with van der Waals surface area (Å²) in [6.07, 6.45) is 0.428. The number of amidine groups is 1. The molecule has 0 fully saturated rings. The third kappa shape index (κ3) is 3.16. The van der Waals surface area contributed by atoms with E-state index in [0.29, 0.717) is 17.9 Å². The number of benzene rings is 2. The number of azo groups is 1. The van der Waals surface area contributed by atoms with Crippen LogP contribution in [0.1, 0.15) is 5.56 Å². The Balaban J connectivity index is 1.85. The zero-order chi connectivity index (χ0) is 17.0. The molecule has 3 rings (SSSR count). The van der Waals surface area contributed by atoms with Crippen molar-refractivity contribution in [1.82, 2.24) is 0 Å². The molecule has 2 aromatic carbocycles. The molecule has 0 bridgehead atoms. The van der Waals surface area contributed by atoms with Crippen LogP contribution in [-0.2, 0) is 6.42 Å². The average molecular weight is 319 g/mol. The Morgan fingerprint density at radius 2 is 1.92 bits per heavy atom. The van der Waals surface area contributed by atoms with E-state index in [2.05, 4.69) is 21.3 Å². The maximum atomic E-state index is 9.56. The number of nitrogens with two attached hydrogens (primary N) is 1. The topological polar surface area (TPSA) is 96.1 Å². The number of nitriles is 1. The minimum absolute atomic E-state index is 0.334. The van der Waals surface area contributed by atoms with Gasteiger partial charge in [0.25, 0.3) is 0 Å². The summed E-state index contributed by atoms with van der Waals surface area (Å²) in [4.78, 5) is 4.42. The predicted molar refractivity (Wildman–Crippen MR) is 91.1 cm³/mol. The van der Waals surface area contributed by atoms with Gasteiger partial charge in [-0.1, -0.05) is 30.3 Å². The van der Waals surface area contributed by atoms with Crippen LogP contribution in [0.5, 0.6) is 5.75 Å². The maximum absolute atomic E-state index is 9.56. The van der Waals surface area contributed by atoms with Crippen molar-refractivity contribution in [3.63, 3.8) is 0 Å². The zero-order valence-corrected chi connectivity index (χ0v) is 13.3. The molecule has 1 aliphatic rings. The summed E-state index contributed by atoms with van der Waals surface area (Å²) in [7, 11) is 1.60. The molecular formula is C18H17N5O. The number of aliphatic imine (C=N–C) groups is 1. The first-order chi connectivity index (χ1) is 11.6. The van der Waals surface area contributed by atoms with Gasteiger partial charge in [-0.15, -0.1) is 5.11 Å². The van der Waals surface area contributed by atoms with Gasteiger partial charge in [-0.2, -0.15) is 10.4 Å². The lowest BCUT2D eigenvalue weighted by Gasteiger charge is -2.22. The van der Waals surface area contributed by atoms with Crippen molar-refractivity contribution < 1.29 is 4.74 Å². The fraction of sp³-hybridized carbons (Fsp3) is 0.222. The summed E-state index contributed by atoms with van der Waals surface area (Å²) in [6.45, 7) is 0. The van der Waals surface area contributed by atoms with Crippen LogP contribution in [0.3, 0.4) is 0 Å². The molecule has 2 N–H and O–H groups in total. The molecule has 2 unspecified atom stereocenters. The molecule has 6 heteroatoms. The molecule has 1 heterocycles. The molecule has 0 radical (unpaired) electrons. The summed E-state index contributed by atoms with van der Waals surface area (Å²) in [5.41, 5.74) is 6.94. The van der Waals surface area contributed by atoms with E-state index in [4.69, 9.17) is 10.5 Å². The van der Waals surface area contributed by atoms with E-state index in [9.17, 15) is 5.26 Å². The first-order valence-electron chi connectivity index (χ1n) is 7.52. The number of nitrogens with zero attached hydrogens (tertiary/aromatic N) is 4. The van der Waals surface area contributed by atoms with Crippen molar-refractivity contribution in [2.24, 2.45) is 26.9 Å². The summed E-state index contributed by atoms with van der Waals surface area (Å²) in [5.74, 6) is 0.377. The van der Waals surface area contributed by atoms with Crippen molar-refractivity contribution in [2.45, 2.75) is 12.1 Å². The number of methoxy groups -OCH3 is 1. The lowest BCUT2D eigenvalue weighted by Crippen LogP contribution is -2.46. The van der Waals surface area contributed by atoms with Crippen LogP contribution in [0.15, 0.2) is 69.8 Å². The molecule has 120 valence electrons. The highest BCUT2D eigenvalue weighted by Gasteiger charge is 2.44. The second-order valence-corrected chi connectivity index (χ2v) is 5.58. The van der Waals surface area contributed by atoms with Crippen molar-refractivity contribution in [3.8, 4) is 11.8 Å². The second kappa shape index (κ2) is 6.60. The van der Waals surface area contributed by atoms with Gasteiger partial charge < -0.3 is 10.5 Å². The largest absolute Gasteiger partial charge is 0.497 e. The normalized spacial score (nSPS) is 24.0. The first-order valence-corrected chi connectivity index (χ1v) is 7.52. The van der Waals surface area contributed by atoms with E-state index in [-0.39, 0.29) is 0 Å². The van der Waals surface area contributed by atoms with Crippen molar-refractivity contribution in [1.29, 1.82) is 5.26 Å². The quantitative estimate of drug-likeness (QED) is 0.937. The Labute approximate surface area is 140 Å². The molecule has 1 aliphatic heterocycles. The molecule has 0 amide bonds. The van der Waals surface area contributed by atoms with Crippen LogP contribution in [-0.4, -0.2) is 18.6 Å². The monoisotopic (exact) mass is 319 g/mol. The summed E-state index contributed by atoms with van der Waals surface area (Å²) in [5, 5.41) is 17.8. The van der Waals surface area contributed by atoms with Crippen LogP contribution in [0.4, 0.5) is 5.69 Å². The SMILES string of the molecule is COc1ccc(N=C2N=NC(N)(Cc3ccccc3)C2C#N)cc1. The summed E-state index contributed by atoms with van der Waals surface area (Å²) in [6, 6.07) is 19.1. The molecule has 6 nitrogen and oxygen atoms in total. The van der Waals surface area contributed by atoms with Crippen LogP contribution in [0.2, 0.25) is 0 Å². The summed E-state index contributed by atoms with van der Waals surface area (Å²) >= 11 is 0. The number of hydrogen-bond donors (Lipinski definition) is 1. The van der Waals surface area contributed by atoms with Gasteiger partial charge in [0, 0.05) is 6.42 Å². The van der Waals surface area contributed by atoms with E-state index in [1.807, 2.05) is 30.3 Å². The third-order valence-electron chi connectivity index (χ3n) is 3.87. The lowest BCUT2D eigenvalue weighted by atomic mass is 9.89. The Bertz CT molecular complexity index is 808. The number of ether oxygens (including phenoxy) is 1. The van der Waals surface area contributed by atoms with Gasteiger partial charge in [-0.25, -0.2) is 4.99 Å². The molecule has 0 spiro atoms. The third-order valence-corrected chi connectivity index (χ3v) is 3.87. The highest BCUT2D eigenvalue weighted by Crippen LogP contribution is 2.31. The molecule has 2 aromatic rings. The van der Waals surface area contributed by atoms with Gasteiger partial charge >= 0.3 is 0 Å². The molecule has 2 atom stereocenters. The van der Waals surface area contributed by atoms with E-state index in [1.54, 1.807) is 31.4 Å². The smallest absolute Gasteiger partial charge is 0.172 e. The molecule has 0 aliphatic carbocycles. The van der Waals surface area contributed by atoms with Gasteiger partial charge in [0.05, 0.1) is 18.9 Å². The maximum Gasteiger partial charge on any atom is 0.172 e.